The predicted octanol–water partition coefficient (Wildman–Crippen LogP) is 4.59. The van der Waals surface area contributed by atoms with E-state index in [0.717, 1.165) is 36.3 Å². The number of rotatable bonds is 9. The molecule has 0 aromatic heterocycles. The van der Waals surface area contributed by atoms with Gasteiger partial charge in [0.1, 0.15) is 11.6 Å². The van der Waals surface area contributed by atoms with E-state index in [9.17, 15) is 4.39 Å². The Balaban J connectivity index is 0.00000363. The zero-order valence-electron chi connectivity index (χ0n) is 18.7. The van der Waals surface area contributed by atoms with Gasteiger partial charge in [0.2, 0.25) is 0 Å². The first-order valence-electron chi connectivity index (χ1n) is 10.7. The molecule has 0 saturated carbocycles. The number of methoxy groups -OCH3 is 1. The summed E-state index contributed by atoms with van der Waals surface area (Å²) in [6.07, 6.45) is 2.58. The van der Waals surface area contributed by atoms with Gasteiger partial charge in [0, 0.05) is 64.1 Å². The Morgan fingerprint density at radius 3 is 2.56 bits per heavy atom. The molecule has 3 rings (SSSR count). The molecule has 2 aromatic rings. The molecule has 32 heavy (non-hydrogen) atoms. The largest absolute Gasteiger partial charge is 0.493 e. The van der Waals surface area contributed by atoms with Gasteiger partial charge >= 0.3 is 0 Å². The third kappa shape index (κ3) is 7.60. The van der Waals surface area contributed by atoms with Gasteiger partial charge in [-0.15, -0.1) is 24.0 Å². The zero-order chi connectivity index (χ0) is 21.9. The monoisotopic (exact) mass is 557 g/mol. The molecule has 0 amide bonds. The number of anilines is 1. The molecule has 1 fully saturated rings. The smallest absolute Gasteiger partial charge is 0.195 e. The first kappa shape index (κ1) is 26.3. The van der Waals surface area contributed by atoms with Crippen LogP contribution in [0, 0.1) is 5.82 Å². The van der Waals surface area contributed by atoms with Crippen molar-refractivity contribution in [2.45, 2.75) is 24.7 Å². The highest BCUT2D eigenvalue weighted by Gasteiger charge is 2.34. The summed E-state index contributed by atoms with van der Waals surface area (Å²) in [5, 5.41) is 6.78. The number of ether oxygens (including phenoxy) is 3. The van der Waals surface area contributed by atoms with Crippen molar-refractivity contribution in [1.82, 2.24) is 5.32 Å². The van der Waals surface area contributed by atoms with Crippen LogP contribution < -0.4 is 15.4 Å². The van der Waals surface area contributed by atoms with Gasteiger partial charge in [-0.2, -0.15) is 0 Å². The van der Waals surface area contributed by atoms with Crippen molar-refractivity contribution in [3.63, 3.8) is 0 Å². The van der Waals surface area contributed by atoms with Crippen molar-refractivity contribution >= 4 is 35.6 Å². The molecular weight excluding hydrogens is 524 g/mol. The molecule has 0 atom stereocenters. The van der Waals surface area contributed by atoms with Gasteiger partial charge in [0.25, 0.3) is 0 Å². The van der Waals surface area contributed by atoms with Crippen LogP contribution in [-0.4, -0.2) is 53.1 Å². The lowest BCUT2D eigenvalue weighted by atomic mass is 9.74. The van der Waals surface area contributed by atoms with Gasteiger partial charge in [-0.1, -0.05) is 18.2 Å². The molecule has 8 heteroatoms. The molecule has 1 heterocycles. The summed E-state index contributed by atoms with van der Waals surface area (Å²) in [6, 6.07) is 14.6. The number of guanidine groups is 1. The first-order valence-corrected chi connectivity index (χ1v) is 10.7. The van der Waals surface area contributed by atoms with Crippen LogP contribution in [0.3, 0.4) is 0 Å². The van der Waals surface area contributed by atoms with Crippen molar-refractivity contribution in [3.05, 3.63) is 59.9 Å². The minimum absolute atomic E-state index is 0. The Morgan fingerprint density at radius 2 is 1.88 bits per heavy atom. The Kier molecular flexibility index (Phi) is 11.2. The Hall–Kier alpha value is -1.91. The van der Waals surface area contributed by atoms with Crippen molar-refractivity contribution in [2.75, 3.05) is 52.4 Å². The number of benzene rings is 2. The number of hydrogen-bond acceptors (Lipinski definition) is 4. The van der Waals surface area contributed by atoms with Gasteiger partial charge in [0.05, 0.1) is 6.61 Å². The van der Waals surface area contributed by atoms with Crippen LogP contribution in [-0.2, 0) is 14.9 Å². The molecule has 1 aliphatic heterocycles. The molecule has 1 aliphatic rings. The van der Waals surface area contributed by atoms with E-state index in [4.69, 9.17) is 14.2 Å². The standard InChI is InChI=1S/C24H32FN3O3.HI/c1-26-23(28-21-5-3-6-22(17-21)31-14-4-13-29-2)27-18-24(11-15-30-16-12-24)19-7-9-20(25)10-8-19;/h3,5-10,17H,4,11-16,18H2,1-2H3,(H2,26,27,28);1H. The Labute approximate surface area is 207 Å². The summed E-state index contributed by atoms with van der Waals surface area (Å²) in [6.45, 7) is 3.33. The third-order valence-electron chi connectivity index (χ3n) is 5.58. The number of hydrogen-bond donors (Lipinski definition) is 2. The minimum Gasteiger partial charge on any atom is -0.493 e. The van der Waals surface area contributed by atoms with E-state index in [1.807, 2.05) is 36.4 Å². The topological polar surface area (TPSA) is 64.1 Å². The second-order valence-corrected chi connectivity index (χ2v) is 7.67. The van der Waals surface area contributed by atoms with Crippen LogP contribution in [0.25, 0.3) is 0 Å². The van der Waals surface area contributed by atoms with Gasteiger partial charge in [-0.25, -0.2) is 4.39 Å². The molecule has 6 nitrogen and oxygen atoms in total. The number of nitrogens with zero attached hydrogens (tertiary/aromatic N) is 1. The summed E-state index contributed by atoms with van der Waals surface area (Å²) in [7, 11) is 3.43. The highest BCUT2D eigenvalue weighted by Crippen LogP contribution is 2.34. The van der Waals surface area contributed by atoms with Crippen LogP contribution in [0.1, 0.15) is 24.8 Å². The van der Waals surface area contributed by atoms with E-state index >= 15 is 0 Å². The fourth-order valence-corrected chi connectivity index (χ4v) is 3.76. The first-order chi connectivity index (χ1) is 15.1. The molecule has 0 unspecified atom stereocenters. The molecule has 0 bridgehead atoms. The molecule has 2 N–H and O–H groups in total. The summed E-state index contributed by atoms with van der Waals surface area (Å²) in [4.78, 5) is 4.37. The van der Waals surface area contributed by atoms with Crippen LogP contribution in [0.5, 0.6) is 5.75 Å². The highest BCUT2D eigenvalue weighted by molar-refractivity contribution is 14.0. The molecule has 2 aromatic carbocycles. The molecule has 1 saturated heterocycles. The van der Waals surface area contributed by atoms with Gasteiger partial charge in [-0.05, 0) is 42.7 Å². The average Bonchev–Trinajstić information content (AvgIpc) is 2.81. The molecule has 176 valence electrons. The fraction of sp³-hybridized carbons (Fsp3) is 0.458. The summed E-state index contributed by atoms with van der Waals surface area (Å²) in [5.41, 5.74) is 1.88. The van der Waals surface area contributed by atoms with E-state index in [-0.39, 0.29) is 35.2 Å². The second-order valence-electron chi connectivity index (χ2n) is 7.67. The van der Waals surface area contributed by atoms with Crippen molar-refractivity contribution in [2.24, 2.45) is 4.99 Å². The number of aliphatic imine (C=N–C) groups is 1. The van der Waals surface area contributed by atoms with Crippen LogP contribution in [0.15, 0.2) is 53.5 Å². The van der Waals surface area contributed by atoms with E-state index < -0.39 is 0 Å². The average molecular weight is 557 g/mol. The molecule has 0 spiro atoms. The summed E-state index contributed by atoms with van der Waals surface area (Å²) in [5.74, 6) is 1.24. The highest BCUT2D eigenvalue weighted by atomic mass is 127. The molecule has 0 aliphatic carbocycles. The minimum atomic E-state index is -0.222. The lowest BCUT2D eigenvalue weighted by molar-refractivity contribution is 0.0514. The fourth-order valence-electron chi connectivity index (χ4n) is 3.76. The summed E-state index contributed by atoms with van der Waals surface area (Å²) >= 11 is 0. The maximum atomic E-state index is 13.5. The van der Waals surface area contributed by atoms with Crippen molar-refractivity contribution in [3.8, 4) is 5.75 Å². The lowest BCUT2D eigenvalue weighted by Crippen LogP contribution is -2.46. The van der Waals surface area contributed by atoms with E-state index in [1.165, 1.54) is 12.1 Å². The molecule has 0 radical (unpaired) electrons. The Bertz CT molecular complexity index is 843. The zero-order valence-corrected chi connectivity index (χ0v) is 21.1. The predicted molar refractivity (Wildman–Crippen MR) is 137 cm³/mol. The van der Waals surface area contributed by atoms with E-state index in [2.05, 4.69) is 15.6 Å². The number of halogens is 2. The maximum Gasteiger partial charge on any atom is 0.195 e. The lowest BCUT2D eigenvalue weighted by Gasteiger charge is -2.38. The van der Waals surface area contributed by atoms with Gasteiger partial charge < -0.3 is 24.8 Å². The van der Waals surface area contributed by atoms with Crippen LogP contribution in [0.4, 0.5) is 10.1 Å². The van der Waals surface area contributed by atoms with E-state index in [0.29, 0.717) is 38.9 Å². The Morgan fingerprint density at radius 1 is 1.12 bits per heavy atom. The van der Waals surface area contributed by atoms with Crippen LogP contribution in [0.2, 0.25) is 0 Å². The summed E-state index contributed by atoms with van der Waals surface area (Å²) < 4.78 is 29.9. The van der Waals surface area contributed by atoms with Gasteiger partial charge in [-0.3, -0.25) is 4.99 Å². The molecular formula is C24H33FIN3O3. The maximum absolute atomic E-state index is 13.5. The second kappa shape index (κ2) is 13.6. The SMILES string of the molecule is CN=C(NCC1(c2ccc(F)cc2)CCOCC1)Nc1cccc(OCCCOC)c1.I. The van der Waals surface area contributed by atoms with E-state index in [1.54, 1.807) is 14.2 Å². The number of nitrogens with one attached hydrogen (secondary N) is 2. The van der Waals surface area contributed by atoms with Crippen molar-refractivity contribution in [1.29, 1.82) is 0 Å². The van der Waals surface area contributed by atoms with Gasteiger partial charge in [0.15, 0.2) is 5.96 Å². The van der Waals surface area contributed by atoms with Crippen molar-refractivity contribution < 1.29 is 18.6 Å². The third-order valence-corrected chi connectivity index (χ3v) is 5.58. The van der Waals surface area contributed by atoms with Crippen LogP contribution >= 0.6 is 24.0 Å². The quantitative estimate of drug-likeness (QED) is 0.204. The normalized spacial score (nSPS) is 15.5.